The monoisotopic (exact) mass is 650 g/mol. The lowest BCUT2D eigenvalue weighted by molar-refractivity contribution is -0.0782. The van der Waals surface area contributed by atoms with Crippen LogP contribution in [0.2, 0.25) is 18.1 Å². The van der Waals surface area contributed by atoms with Gasteiger partial charge in [-0.25, -0.2) is 24.4 Å². The fourth-order valence-corrected chi connectivity index (χ4v) is 6.58. The topological polar surface area (TPSA) is 168 Å². The van der Waals surface area contributed by atoms with E-state index in [1.54, 1.807) is 52.5 Å². The Morgan fingerprint density at radius 1 is 1.09 bits per heavy atom. The van der Waals surface area contributed by atoms with Gasteiger partial charge in [-0.05, 0) is 84.4 Å². The van der Waals surface area contributed by atoms with Crippen molar-refractivity contribution in [2.75, 3.05) is 13.1 Å². The largest absolute Gasteiger partial charge is 0.444 e. The van der Waals surface area contributed by atoms with E-state index in [9.17, 15) is 19.6 Å². The fourth-order valence-electron chi connectivity index (χ4n) is 5.33. The molecule has 2 aliphatic heterocycles. The van der Waals surface area contributed by atoms with Crippen molar-refractivity contribution in [2.45, 2.75) is 129 Å². The summed E-state index contributed by atoms with van der Waals surface area (Å²) in [6.45, 7) is 21.2. The average Bonchev–Trinajstić information content (AvgIpc) is 3.34. The van der Waals surface area contributed by atoms with E-state index in [0.29, 0.717) is 24.4 Å². The maximum absolute atomic E-state index is 12.9. The highest BCUT2D eigenvalue weighted by Gasteiger charge is 2.63. The molecule has 3 N–H and O–H groups in total. The highest BCUT2D eigenvalue weighted by molar-refractivity contribution is 6.74. The number of ether oxygens (including phenoxy) is 2. The van der Waals surface area contributed by atoms with Crippen molar-refractivity contribution in [1.29, 1.82) is 0 Å². The maximum Gasteiger partial charge on any atom is 0.414 e. The quantitative estimate of drug-likeness (QED) is 0.148. The number of alkyl carbamates (subject to hydrolysis) is 2. The summed E-state index contributed by atoms with van der Waals surface area (Å²) in [5.74, 6) is 0.216. The number of aliphatic imine (C=N–C) groups is 1. The van der Waals surface area contributed by atoms with Gasteiger partial charge < -0.3 is 23.3 Å². The average molecular weight is 651 g/mol. The SMILES string of the molecule is CC(C)(C)OC(=O)NC(=NCC(O[Si](C)(C)C(C)(C)C)c1cc([C@@H]2CC3(CC3)[C@H]3CN2C(=O)N3O)no1)NC(=O)OC(C)(C)C. The summed E-state index contributed by atoms with van der Waals surface area (Å²) in [5.41, 5.74) is -1.11. The van der Waals surface area contributed by atoms with Crippen molar-refractivity contribution >= 4 is 32.5 Å². The van der Waals surface area contributed by atoms with Crippen LogP contribution in [0.1, 0.15) is 105 Å². The zero-order valence-electron chi connectivity index (χ0n) is 28.4. The summed E-state index contributed by atoms with van der Waals surface area (Å²) in [6.07, 6.45) is 0.222. The number of nitrogens with one attached hydrogen (secondary N) is 2. The van der Waals surface area contributed by atoms with Crippen LogP contribution in [0.4, 0.5) is 14.4 Å². The molecule has 1 aromatic heterocycles. The number of aromatic nitrogens is 1. The number of piperidine rings is 1. The molecule has 1 unspecified atom stereocenters. The molecule has 1 spiro atoms. The van der Waals surface area contributed by atoms with Gasteiger partial charge in [0.15, 0.2) is 14.1 Å². The van der Waals surface area contributed by atoms with Crippen molar-refractivity contribution in [3.63, 3.8) is 0 Å². The van der Waals surface area contributed by atoms with Crippen LogP contribution in [0.15, 0.2) is 15.6 Å². The lowest BCUT2D eigenvalue weighted by Crippen LogP contribution is -2.47. The van der Waals surface area contributed by atoms with Crippen LogP contribution in [0.3, 0.4) is 0 Å². The molecule has 15 heteroatoms. The molecule has 1 aliphatic carbocycles. The van der Waals surface area contributed by atoms with Gasteiger partial charge in [0.2, 0.25) is 5.96 Å². The van der Waals surface area contributed by atoms with Crippen molar-refractivity contribution in [3.05, 3.63) is 17.5 Å². The molecular weight excluding hydrogens is 600 g/mol. The number of hydroxylamine groups is 2. The number of hydrogen-bond acceptors (Lipinski definition) is 10. The third-order valence-corrected chi connectivity index (χ3v) is 13.3. The first kappa shape index (κ1) is 34.7. The standard InChI is InChI=1S/C30H50N6O8Si/c1-27(2,3)41-24(37)32-23(33-25(38)42-28(4,5)6)31-16-21(44-45(10,11)29(7,8)9)20-14-18(34-43-20)19-15-30(12-13-30)22-17-35(19)26(39)36(22)40/h14,19,21-22,40H,12-13,15-17H2,1-11H3,(H2,31,32,33,37,38)/t19-,21?,22+/m0/s1. The van der Waals surface area contributed by atoms with Crippen molar-refractivity contribution in [3.8, 4) is 0 Å². The third kappa shape index (κ3) is 8.16. The van der Waals surface area contributed by atoms with Gasteiger partial charge in [-0.15, -0.1) is 0 Å². The number of guanidine groups is 1. The van der Waals surface area contributed by atoms with Crippen LogP contribution in [-0.2, 0) is 13.9 Å². The van der Waals surface area contributed by atoms with Gasteiger partial charge in [-0.3, -0.25) is 15.8 Å². The summed E-state index contributed by atoms with van der Waals surface area (Å²) in [6, 6.07) is 0.804. The lowest BCUT2D eigenvalue weighted by atomic mass is 9.84. The maximum atomic E-state index is 12.9. The van der Waals surface area contributed by atoms with Gasteiger partial charge >= 0.3 is 18.2 Å². The molecule has 3 atom stereocenters. The van der Waals surface area contributed by atoms with Crippen LogP contribution >= 0.6 is 0 Å². The Kier molecular flexibility index (Phi) is 9.16. The predicted octanol–water partition coefficient (Wildman–Crippen LogP) is 5.86. The first-order valence-corrected chi connectivity index (χ1v) is 18.4. The van der Waals surface area contributed by atoms with E-state index in [2.05, 4.69) is 54.6 Å². The molecule has 3 heterocycles. The van der Waals surface area contributed by atoms with Crippen LogP contribution in [0.5, 0.6) is 0 Å². The van der Waals surface area contributed by atoms with Gasteiger partial charge in [0, 0.05) is 12.6 Å². The first-order chi connectivity index (χ1) is 20.5. The second-order valence-corrected chi connectivity index (χ2v) is 20.6. The zero-order valence-corrected chi connectivity index (χ0v) is 29.4. The van der Waals surface area contributed by atoms with E-state index in [4.69, 9.17) is 18.4 Å². The normalized spacial score (nSPS) is 21.8. The van der Waals surface area contributed by atoms with E-state index in [1.165, 1.54) is 0 Å². The fraction of sp³-hybridized carbons (Fsp3) is 0.767. The van der Waals surface area contributed by atoms with Crippen molar-refractivity contribution in [2.24, 2.45) is 10.4 Å². The minimum absolute atomic E-state index is 0.0498. The van der Waals surface area contributed by atoms with Gasteiger partial charge in [0.1, 0.15) is 23.0 Å². The lowest BCUT2D eigenvalue weighted by Gasteiger charge is -2.38. The molecule has 45 heavy (non-hydrogen) atoms. The highest BCUT2D eigenvalue weighted by Crippen LogP contribution is 2.61. The van der Waals surface area contributed by atoms with Crippen LogP contribution < -0.4 is 10.6 Å². The smallest absolute Gasteiger partial charge is 0.414 e. The summed E-state index contributed by atoms with van der Waals surface area (Å²) in [4.78, 5) is 44.3. The molecule has 1 saturated carbocycles. The number of nitrogens with zero attached hydrogens (tertiary/aromatic N) is 4. The molecule has 14 nitrogen and oxygen atoms in total. The molecule has 252 valence electrons. The number of rotatable bonds is 6. The Hall–Kier alpha value is -3.17. The van der Waals surface area contributed by atoms with Crippen LogP contribution in [0.25, 0.3) is 0 Å². The Bertz CT molecular complexity index is 1290. The van der Waals surface area contributed by atoms with Gasteiger partial charge in [-0.1, -0.05) is 25.9 Å². The number of amides is 4. The molecule has 3 fully saturated rings. The summed E-state index contributed by atoms with van der Waals surface area (Å²) in [5, 5.41) is 20.6. The summed E-state index contributed by atoms with van der Waals surface area (Å²) < 4.78 is 23.3. The van der Waals surface area contributed by atoms with Crippen molar-refractivity contribution in [1.82, 2.24) is 25.8 Å². The van der Waals surface area contributed by atoms with Crippen LogP contribution in [-0.4, -0.2) is 83.2 Å². The third-order valence-electron chi connectivity index (χ3n) is 8.78. The molecular formula is C30H50N6O8Si. The molecule has 1 aromatic rings. The Morgan fingerprint density at radius 3 is 2.13 bits per heavy atom. The molecule has 4 rings (SSSR count). The minimum Gasteiger partial charge on any atom is -0.444 e. The molecule has 2 bridgehead atoms. The van der Waals surface area contributed by atoms with Gasteiger partial charge in [0.05, 0.1) is 18.6 Å². The van der Waals surface area contributed by atoms with E-state index in [1.807, 2.05) is 0 Å². The number of carbonyl (C=O) groups excluding carboxylic acids is 3. The Morgan fingerprint density at radius 2 is 1.64 bits per heavy atom. The second kappa shape index (κ2) is 11.9. The van der Waals surface area contributed by atoms with E-state index >= 15 is 0 Å². The molecule has 3 aliphatic rings. The van der Waals surface area contributed by atoms with Gasteiger partial charge in [0.25, 0.3) is 0 Å². The Balaban J connectivity index is 1.63. The van der Waals surface area contributed by atoms with E-state index in [0.717, 1.165) is 17.9 Å². The number of fused-ring (bicyclic) bond motifs is 3. The Labute approximate surface area is 266 Å². The zero-order chi connectivity index (χ0) is 33.8. The van der Waals surface area contributed by atoms with E-state index < -0.39 is 43.8 Å². The molecule has 2 saturated heterocycles. The van der Waals surface area contributed by atoms with Crippen molar-refractivity contribution < 1.29 is 38.0 Å². The number of urea groups is 1. The van der Waals surface area contributed by atoms with E-state index in [-0.39, 0.29) is 35.0 Å². The summed E-state index contributed by atoms with van der Waals surface area (Å²) >= 11 is 0. The summed E-state index contributed by atoms with van der Waals surface area (Å²) in [7, 11) is -2.41. The molecule has 0 radical (unpaired) electrons. The minimum atomic E-state index is -2.41. The first-order valence-electron chi connectivity index (χ1n) is 15.5. The second-order valence-electron chi connectivity index (χ2n) is 15.8. The van der Waals surface area contributed by atoms with Gasteiger partial charge in [-0.2, -0.15) is 0 Å². The molecule has 4 amide bonds. The van der Waals surface area contributed by atoms with Crippen LogP contribution in [0, 0.1) is 5.41 Å². The number of hydrogen-bond donors (Lipinski definition) is 3. The number of carbonyl (C=O) groups is 3. The molecule has 0 aromatic carbocycles. The highest BCUT2D eigenvalue weighted by atomic mass is 28.4. The predicted molar refractivity (Wildman–Crippen MR) is 167 cm³/mol.